The third kappa shape index (κ3) is 4.44. The van der Waals surface area contributed by atoms with Crippen LogP contribution in [0, 0.1) is 5.82 Å². The highest BCUT2D eigenvalue weighted by molar-refractivity contribution is 5.85. The molecule has 0 saturated heterocycles. The molecule has 0 aliphatic carbocycles. The van der Waals surface area contributed by atoms with Crippen LogP contribution in [0.25, 0.3) is 0 Å². The van der Waals surface area contributed by atoms with Gasteiger partial charge in [0.05, 0.1) is 5.56 Å². The van der Waals surface area contributed by atoms with Crippen molar-refractivity contribution in [2.24, 2.45) is 5.73 Å². The summed E-state index contributed by atoms with van der Waals surface area (Å²) in [5.41, 5.74) is 4.48. The highest BCUT2D eigenvalue weighted by Crippen LogP contribution is 2.32. The highest BCUT2D eigenvalue weighted by atomic mass is 35.5. The molecule has 0 fully saturated rings. The summed E-state index contributed by atoms with van der Waals surface area (Å²) in [6, 6.07) is 1.32. The van der Waals surface area contributed by atoms with Gasteiger partial charge in [-0.15, -0.1) is 12.4 Å². The normalized spacial score (nSPS) is 13.0. The first kappa shape index (κ1) is 17.2. The van der Waals surface area contributed by atoms with Crippen molar-refractivity contribution in [3.05, 3.63) is 35.1 Å². The summed E-state index contributed by atoms with van der Waals surface area (Å²) >= 11 is 0. The Morgan fingerprint density at radius 3 is 2.39 bits per heavy atom. The second-order valence-corrected chi connectivity index (χ2v) is 3.71. The molecule has 0 aliphatic rings. The van der Waals surface area contributed by atoms with Gasteiger partial charge >= 0.3 is 6.18 Å². The quantitative estimate of drug-likeness (QED) is 0.836. The number of rotatable bonds is 4. The number of hydrogen-bond acceptors (Lipinski definition) is 2. The van der Waals surface area contributed by atoms with Crippen LogP contribution in [0.2, 0.25) is 0 Å². The van der Waals surface area contributed by atoms with E-state index in [1.807, 2.05) is 0 Å². The number of halogens is 5. The average molecular weight is 288 g/mol. The number of aliphatic hydroxyl groups excluding tert-OH is 1. The smallest absolute Gasteiger partial charge is 0.396 e. The van der Waals surface area contributed by atoms with E-state index in [0.29, 0.717) is 12.5 Å². The second-order valence-electron chi connectivity index (χ2n) is 3.71. The summed E-state index contributed by atoms with van der Waals surface area (Å²) in [5, 5.41) is 8.59. The van der Waals surface area contributed by atoms with Gasteiger partial charge in [0.1, 0.15) is 5.82 Å². The molecule has 0 spiro atoms. The Morgan fingerprint density at radius 2 is 1.89 bits per heavy atom. The van der Waals surface area contributed by atoms with Crippen molar-refractivity contribution in [3.63, 3.8) is 0 Å². The minimum absolute atomic E-state index is 0. The molecule has 1 aromatic carbocycles. The Bertz CT molecular complexity index is 384. The van der Waals surface area contributed by atoms with Crippen LogP contribution in [0.1, 0.15) is 30.0 Å². The molecular formula is C11H14ClF4NO. The third-order valence-electron chi connectivity index (χ3n) is 2.40. The lowest BCUT2D eigenvalue weighted by atomic mass is 10.00. The first-order valence-electron chi connectivity index (χ1n) is 5.09. The molecule has 1 aromatic rings. The maximum Gasteiger partial charge on any atom is 0.416 e. The number of aliphatic hydroxyl groups is 1. The fourth-order valence-electron chi connectivity index (χ4n) is 1.47. The van der Waals surface area contributed by atoms with Crippen LogP contribution in [0.4, 0.5) is 17.6 Å². The van der Waals surface area contributed by atoms with Gasteiger partial charge in [0, 0.05) is 18.2 Å². The van der Waals surface area contributed by atoms with E-state index in [1.54, 1.807) is 0 Å². The van der Waals surface area contributed by atoms with Gasteiger partial charge in [0.25, 0.3) is 0 Å². The topological polar surface area (TPSA) is 46.2 Å². The minimum Gasteiger partial charge on any atom is -0.396 e. The van der Waals surface area contributed by atoms with Crippen LogP contribution < -0.4 is 5.73 Å². The van der Waals surface area contributed by atoms with E-state index in [-0.39, 0.29) is 31.0 Å². The van der Waals surface area contributed by atoms with E-state index >= 15 is 0 Å². The van der Waals surface area contributed by atoms with Crippen molar-refractivity contribution < 1.29 is 22.7 Å². The molecule has 0 heterocycles. The average Bonchev–Trinajstić information content (AvgIpc) is 2.24. The lowest BCUT2D eigenvalue weighted by Crippen LogP contribution is -2.15. The molecule has 18 heavy (non-hydrogen) atoms. The van der Waals surface area contributed by atoms with Crippen molar-refractivity contribution in [1.82, 2.24) is 0 Å². The summed E-state index contributed by atoms with van der Waals surface area (Å²) in [6.45, 7) is -0.131. The fraction of sp³-hybridized carbons (Fsp3) is 0.455. The van der Waals surface area contributed by atoms with E-state index in [0.717, 1.165) is 12.1 Å². The van der Waals surface area contributed by atoms with Crippen LogP contribution in [0.5, 0.6) is 0 Å². The Balaban J connectivity index is 0.00000289. The number of hydrogen-bond donors (Lipinski definition) is 2. The van der Waals surface area contributed by atoms with Crippen LogP contribution in [0.3, 0.4) is 0 Å². The fourth-order valence-corrected chi connectivity index (χ4v) is 1.47. The molecule has 104 valence electrons. The van der Waals surface area contributed by atoms with E-state index in [2.05, 4.69) is 0 Å². The highest BCUT2D eigenvalue weighted by Gasteiger charge is 2.31. The molecular weight excluding hydrogens is 274 g/mol. The second kappa shape index (κ2) is 6.92. The van der Waals surface area contributed by atoms with E-state index in [4.69, 9.17) is 10.8 Å². The van der Waals surface area contributed by atoms with Crippen molar-refractivity contribution >= 4 is 12.4 Å². The minimum atomic E-state index is -4.51. The standard InChI is InChI=1S/C11H13F4NO.ClH/c12-9-4-3-7(11(13,14)15)6-8(9)10(16)2-1-5-17;/h3-4,6,10,17H,1-2,5,16H2;1H/t10-;/m0./s1. The zero-order valence-corrected chi connectivity index (χ0v) is 10.2. The first-order chi connectivity index (χ1) is 7.86. The van der Waals surface area contributed by atoms with Crippen molar-refractivity contribution in [2.75, 3.05) is 6.61 Å². The van der Waals surface area contributed by atoms with Gasteiger partial charge in [-0.3, -0.25) is 0 Å². The summed E-state index contributed by atoms with van der Waals surface area (Å²) < 4.78 is 50.6. The molecule has 1 rings (SSSR count). The molecule has 0 aliphatic heterocycles. The number of alkyl halides is 3. The monoisotopic (exact) mass is 287 g/mol. The largest absolute Gasteiger partial charge is 0.416 e. The Kier molecular flexibility index (Phi) is 6.59. The van der Waals surface area contributed by atoms with Crippen LogP contribution in [0.15, 0.2) is 18.2 Å². The Hall–Kier alpha value is -0.850. The van der Waals surface area contributed by atoms with E-state index in [9.17, 15) is 17.6 Å². The molecule has 2 nitrogen and oxygen atoms in total. The molecule has 0 aromatic heterocycles. The number of benzene rings is 1. The lowest BCUT2D eigenvalue weighted by Gasteiger charge is -2.15. The van der Waals surface area contributed by atoms with E-state index in [1.165, 1.54) is 0 Å². The summed E-state index contributed by atoms with van der Waals surface area (Å²) in [5.74, 6) is -0.761. The number of nitrogens with two attached hydrogens (primary N) is 1. The summed E-state index contributed by atoms with van der Waals surface area (Å²) in [6.07, 6.45) is -3.97. The van der Waals surface area contributed by atoms with Gasteiger partial charge in [-0.2, -0.15) is 13.2 Å². The lowest BCUT2D eigenvalue weighted by molar-refractivity contribution is -0.137. The summed E-state index contributed by atoms with van der Waals surface area (Å²) in [7, 11) is 0. The molecule has 0 unspecified atom stereocenters. The molecule has 0 bridgehead atoms. The van der Waals surface area contributed by atoms with Crippen molar-refractivity contribution in [2.45, 2.75) is 25.1 Å². The van der Waals surface area contributed by atoms with Crippen LogP contribution in [-0.4, -0.2) is 11.7 Å². The predicted molar refractivity (Wildman–Crippen MR) is 61.9 cm³/mol. The van der Waals surface area contributed by atoms with Crippen molar-refractivity contribution in [3.8, 4) is 0 Å². The van der Waals surface area contributed by atoms with Gasteiger partial charge in [-0.25, -0.2) is 4.39 Å². The van der Waals surface area contributed by atoms with Crippen LogP contribution in [-0.2, 0) is 6.18 Å². The Labute approximate surface area is 108 Å². The SMILES string of the molecule is Cl.N[C@@H](CCCO)c1cc(C(F)(F)F)ccc1F. The zero-order chi connectivity index (χ0) is 13.1. The predicted octanol–water partition coefficient (Wildman–Crippen LogP) is 3.04. The van der Waals surface area contributed by atoms with Crippen LogP contribution >= 0.6 is 12.4 Å². The third-order valence-corrected chi connectivity index (χ3v) is 2.40. The first-order valence-corrected chi connectivity index (χ1v) is 5.09. The molecule has 7 heteroatoms. The van der Waals surface area contributed by atoms with E-state index < -0.39 is 23.6 Å². The summed E-state index contributed by atoms with van der Waals surface area (Å²) in [4.78, 5) is 0. The maximum absolute atomic E-state index is 13.3. The maximum atomic E-state index is 13.3. The molecule has 1 atom stereocenters. The molecule has 0 amide bonds. The van der Waals surface area contributed by atoms with Gasteiger partial charge < -0.3 is 10.8 Å². The van der Waals surface area contributed by atoms with Gasteiger partial charge in [0.15, 0.2) is 0 Å². The molecule has 0 saturated carbocycles. The molecule has 0 radical (unpaired) electrons. The van der Waals surface area contributed by atoms with Crippen molar-refractivity contribution in [1.29, 1.82) is 0 Å². The zero-order valence-electron chi connectivity index (χ0n) is 9.38. The Morgan fingerprint density at radius 1 is 1.28 bits per heavy atom. The molecule has 3 N–H and O–H groups in total. The van der Waals surface area contributed by atoms with Gasteiger partial charge in [-0.05, 0) is 31.0 Å². The van der Waals surface area contributed by atoms with Gasteiger partial charge in [0.2, 0.25) is 0 Å². The van der Waals surface area contributed by atoms with Gasteiger partial charge in [-0.1, -0.05) is 0 Å².